The van der Waals surface area contributed by atoms with Crippen molar-refractivity contribution < 1.29 is 9.47 Å². The molecule has 3 nitrogen and oxygen atoms in total. The number of hydrogen-bond donors (Lipinski definition) is 1. The van der Waals surface area contributed by atoms with Gasteiger partial charge in [0.1, 0.15) is 0 Å². The highest BCUT2D eigenvalue weighted by Gasteiger charge is 2.21. The Morgan fingerprint density at radius 3 is 2.63 bits per heavy atom. The minimum Gasteiger partial charge on any atom is -0.493 e. The molecule has 1 aliphatic rings. The molecule has 0 atom stereocenters. The number of nitrogens with two attached hydrogens (primary N) is 1. The molecule has 1 saturated carbocycles. The molecule has 0 spiro atoms. The normalized spacial score (nSPS) is 15.1. The number of unbranched alkanes of at least 4 members (excludes halogenated alkanes) is 1. The average Bonchev–Trinajstić information content (AvgIpc) is 2.36. The van der Waals surface area contributed by atoms with E-state index in [0.717, 1.165) is 60.7 Å². The van der Waals surface area contributed by atoms with E-state index >= 15 is 0 Å². The number of ether oxygens (including phenoxy) is 2. The molecule has 0 bridgehead atoms. The predicted molar refractivity (Wildman–Crippen MR) is 78.3 cm³/mol. The lowest BCUT2D eigenvalue weighted by atomic mass is 9.96. The molecule has 106 valence electrons. The standard InChI is InChI=1S/C15H22ClNO2/c1-18-14-10-13(16)11(5-2-3-8-17)9-15(14)19-12-6-4-7-12/h9-10,12H,2-8,17H2,1H3. The Morgan fingerprint density at radius 1 is 1.26 bits per heavy atom. The van der Waals surface area contributed by atoms with Gasteiger partial charge >= 0.3 is 0 Å². The van der Waals surface area contributed by atoms with Crippen molar-refractivity contribution in [3.8, 4) is 11.5 Å². The van der Waals surface area contributed by atoms with Crippen LogP contribution < -0.4 is 15.2 Å². The van der Waals surface area contributed by atoms with Crippen molar-refractivity contribution in [1.82, 2.24) is 0 Å². The fraction of sp³-hybridized carbons (Fsp3) is 0.600. The van der Waals surface area contributed by atoms with Crippen LogP contribution in [0.25, 0.3) is 0 Å². The van der Waals surface area contributed by atoms with Gasteiger partial charge in [0.25, 0.3) is 0 Å². The molecule has 1 aromatic rings. The van der Waals surface area contributed by atoms with E-state index < -0.39 is 0 Å². The maximum atomic E-state index is 6.28. The Morgan fingerprint density at radius 2 is 2.05 bits per heavy atom. The molecule has 0 amide bonds. The summed E-state index contributed by atoms with van der Waals surface area (Å²) >= 11 is 6.28. The van der Waals surface area contributed by atoms with Gasteiger partial charge in [-0.25, -0.2) is 0 Å². The van der Waals surface area contributed by atoms with Crippen molar-refractivity contribution in [2.75, 3.05) is 13.7 Å². The Bertz CT molecular complexity index is 419. The molecule has 2 N–H and O–H groups in total. The third-order valence-electron chi connectivity index (χ3n) is 3.58. The van der Waals surface area contributed by atoms with E-state index in [1.165, 1.54) is 6.42 Å². The molecule has 0 aromatic heterocycles. The summed E-state index contributed by atoms with van der Waals surface area (Å²) in [5.74, 6) is 1.54. The van der Waals surface area contributed by atoms with Gasteiger partial charge in [-0.2, -0.15) is 0 Å². The fourth-order valence-corrected chi connectivity index (χ4v) is 2.40. The third kappa shape index (κ3) is 3.77. The van der Waals surface area contributed by atoms with Crippen molar-refractivity contribution in [2.45, 2.75) is 44.6 Å². The molecule has 1 aromatic carbocycles. The second-order valence-electron chi connectivity index (χ2n) is 5.01. The second kappa shape index (κ2) is 7.01. The van der Waals surface area contributed by atoms with Crippen molar-refractivity contribution in [2.24, 2.45) is 5.73 Å². The summed E-state index contributed by atoms with van der Waals surface area (Å²) in [7, 11) is 1.65. The van der Waals surface area contributed by atoms with Crippen molar-refractivity contribution in [3.05, 3.63) is 22.7 Å². The van der Waals surface area contributed by atoms with Crippen LogP contribution in [0.4, 0.5) is 0 Å². The molecule has 1 fully saturated rings. The molecular formula is C15H22ClNO2. The van der Waals surface area contributed by atoms with Gasteiger partial charge in [-0.1, -0.05) is 11.6 Å². The number of rotatable bonds is 7. The molecular weight excluding hydrogens is 262 g/mol. The maximum absolute atomic E-state index is 6.28. The summed E-state index contributed by atoms with van der Waals surface area (Å²) in [5.41, 5.74) is 6.64. The van der Waals surface area contributed by atoms with Gasteiger partial charge in [0, 0.05) is 11.1 Å². The van der Waals surface area contributed by atoms with E-state index in [-0.39, 0.29) is 0 Å². The van der Waals surface area contributed by atoms with E-state index in [0.29, 0.717) is 6.10 Å². The predicted octanol–water partition coefficient (Wildman–Crippen LogP) is 3.56. The zero-order valence-corrected chi connectivity index (χ0v) is 12.2. The lowest BCUT2D eigenvalue weighted by Crippen LogP contribution is -2.24. The highest BCUT2D eigenvalue weighted by atomic mass is 35.5. The van der Waals surface area contributed by atoms with Gasteiger partial charge < -0.3 is 15.2 Å². The summed E-state index contributed by atoms with van der Waals surface area (Å²) in [6.07, 6.45) is 6.85. The Kier molecular flexibility index (Phi) is 5.34. The molecule has 4 heteroatoms. The molecule has 0 heterocycles. The van der Waals surface area contributed by atoms with E-state index in [1.807, 2.05) is 12.1 Å². The number of methoxy groups -OCH3 is 1. The Labute approximate surface area is 120 Å². The van der Waals surface area contributed by atoms with Gasteiger partial charge in [0.05, 0.1) is 13.2 Å². The highest BCUT2D eigenvalue weighted by Crippen LogP contribution is 2.36. The van der Waals surface area contributed by atoms with E-state index in [4.69, 9.17) is 26.8 Å². The molecule has 0 aliphatic heterocycles. The topological polar surface area (TPSA) is 44.5 Å². The van der Waals surface area contributed by atoms with Crippen molar-refractivity contribution in [3.63, 3.8) is 0 Å². The number of halogens is 1. The van der Waals surface area contributed by atoms with Crippen LogP contribution in [0.5, 0.6) is 11.5 Å². The molecule has 0 radical (unpaired) electrons. The first kappa shape index (κ1) is 14.5. The van der Waals surface area contributed by atoms with Gasteiger partial charge in [-0.05, 0) is 56.7 Å². The minimum atomic E-state index is 0.340. The van der Waals surface area contributed by atoms with Crippen LogP contribution in [0.2, 0.25) is 5.02 Å². The van der Waals surface area contributed by atoms with Crippen LogP contribution >= 0.6 is 11.6 Å². The second-order valence-corrected chi connectivity index (χ2v) is 5.42. The summed E-state index contributed by atoms with van der Waals surface area (Å²) in [4.78, 5) is 0. The van der Waals surface area contributed by atoms with E-state index in [1.54, 1.807) is 7.11 Å². The number of hydrogen-bond acceptors (Lipinski definition) is 3. The Hall–Kier alpha value is -0.930. The molecule has 0 unspecified atom stereocenters. The first-order valence-corrected chi connectivity index (χ1v) is 7.35. The number of aryl methyl sites for hydroxylation is 1. The summed E-state index contributed by atoms with van der Waals surface area (Å²) < 4.78 is 11.3. The highest BCUT2D eigenvalue weighted by molar-refractivity contribution is 6.31. The van der Waals surface area contributed by atoms with E-state index in [2.05, 4.69) is 0 Å². The van der Waals surface area contributed by atoms with Gasteiger partial charge in [-0.15, -0.1) is 0 Å². The van der Waals surface area contributed by atoms with Crippen LogP contribution in [0, 0.1) is 0 Å². The molecule has 19 heavy (non-hydrogen) atoms. The van der Waals surface area contributed by atoms with Gasteiger partial charge in [0.15, 0.2) is 11.5 Å². The summed E-state index contributed by atoms with van der Waals surface area (Å²) in [5, 5.41) is 0.745. The maximum Gasteiger partial charge on any atom is 0.162 e. The quantitative estimate of drug-likeness (QED) is 0.778. The van der Waals surface area contributed by atoms with Crippen LogP contribution in [-0.2, 0) is 6.42 Å². The number of benzene rings is 1. The minimum absolute atomic E-state index is 0.340. The van der Waals surface area contributed by atoms with Crippen molar-refractivity contribution in [1.29, 1.82) is 0 Å². The van der Waals surface area contributed by atoms with Gasteiger partial charge in [-0.3, -0.25) is 0 Å². The molecule has 2 rings (SSSR count). The van der Waals surface area contributed by atoms with Gasteiger partial charge in [0.2, 0.25) is 0 Å². The first-order valence-electron chi connectivity index (χ1n) is 6.97. The lowest BCUT2D eigenvalue weighted by Gasteiger charge is -2.27. The SMILES string of the molecule is COc1cc(Cl)c(CCCCN)cc1OC1CCC1. The monoisotopic (exact) mass is 283 g/mol. The average molecular weight is 284 g/mol. The zero-order chi connectivity index (χ0) is 13.7. The van der Waals surface area contributed by atoms with Crippen LogP contribution in [0.15, 0.2) is 12.1 Å². The molecule has 0 saturated heterocycles. The summed E-state index contributed by atoms with van der Waals surface area (Å²) in [6.45, 7) is 0.721. The van der Waals surface area contributed by atoms with Crippen molar-refractivity contribution >= 4 is 11.6 Å². The smallest absolute Gasteiger partial charge is 0.162 e. The zero-order valence-electron chi connectivity index (χ0n) is 11.5. The van der Waals surface area contributed by atoms with Crippen LogP contribution in [0.1, 0.15) is 37.7 Å². The van der Waals surface area contributed by atoms with E-state index in [9.17, 15) is 0 Å². The first-order chi connectivity index (χ1) is 9.24. The lowest BCUT2D eigenvalue weighted by molar-refractivity contribution is 0.116. The third-order valence-corrected chi connectivity index (χ3v) is 3.93. The largest absolute Gasteiger partial charge is 0.493 e. The summed E-state index contributed by atoms with van der Waals surface area (Å²) in [6, 6.07) is 3.88. The molecule has 1 aliphatic carbocycles. The fourth-order valence-electron chi connectivity index (χ4n) is 2.15. The van der Waals surface area contributed by atoms with Crippen LogP contribution in [0.3, 0.4) is 0 Å². The Balaban J connectivity index is 2.11. The van der Waals surface area contributed by atoms with Crippen LogP contribution in [-0.4, -0.2) is 19.8 Å².